The average molecular weight is 1820 g/mol. The van der Waals surface area contributed by atoms with Crippen LogP contribution < -0.4 is 80.4 Å². The summed E-state index contributed by atoms with van der Waals surface area (Å²) < 4.78 is 485. The van der Waals surface area contributed by atoms with E-state index in [0.29, 0.717) is 22.6 Å². The van der Waals surface area contributed by atoms with Gasteiger partial charge >= 0.3 is 48.7 Å². The van der Waals surface area contributed by atoms with Crippen LogP contribution in [0.2, 0.25) is 0 Å². The van der Waals surface area contributed by atoms with E-state index < -0.39 is 287 Å². The Labute approximate surface area is 821 Å². The number of ether oxygens (including phenoxy) is 16. The average Bonchev–Trinajstić information content (AvgIpc) is 1.26. The number of hydrogen-bond acceptors (Lipinski definition) is 24. The van der Waals surface area contributed by atoms with Gasteiger partial charge in [-0.15, -0.1) is 0 Å². The van der Waals surface area contributed by atoms with E-state index in [2.05, 4.69) is 60.9 Å². The first kappa shape index (κ1) is 47.8. The first-order valence-corrected chi connectivity index (χ1v) is 37.4. The van der Waals surface area contributed by atoms with Crippen molar-refractivity contribution in [1.29, 1.82) is 0 Å². The first-order valence-electron chi connectivity index (χ1n) is 63.9. The summed E-state index contributed by atoms with van der Waals surface area (Å²) in [5.74, 6) is -1.64. The Bertz CT molecular complexity index is 7480. The molecular weight excluding hydrogens is 1650 g/mol. The Morgan fingerprint density at radius 1 is 0.258 bits per heavy atom. The minimum Gasteiger partial charge on any atom is -0.490 e. The number of cyclic esters (lactones) is 8. The van der Waals surface area contributed by atoms with Crippen molar-refractivity contribution >= 4 is 48.7 Å². The number of hydrogen-bond donors (Lipinski definition) is 8. The number of benzene rings is 8. The molecule has 0 radical (unpaired) electrons. The molecule has 0 spiro atoms. The van der Waals surface area contributed by atoms with Gasteiger partial charge in [0.15, 0.2) is 48.7 Å². The van der Waals surface area contributed by atoms with Crippen LogP contribution in [0.3, 0.4) is 0 Å². The third-order valence-corrected chi connectivity index (χ3v) is 15.3. The van der Waals surface area contributed by atoms with Gasteiger partial charge in [0, 0.05) is 32.9 Å². The fourth-order valence-electron chi connectivity index (χ4n) is 10.3. The molecule has 8 atom stereocenters. The lowest BCUT2D eigenvalue weighted by Gasteiger charge is -2.11. The molecule has 8 N–H and O–H groups in total. The second-order valence-electron chi connectivity index (χ2n) is 26.6. The molecule has 0 aromatic heterocycles. The van der Waals surface area contributed by atoms with Crippen LogP contribution in [0.1, 0.15) is 162 Å². The van der Waals surface area contributed by atoms with Crippen LogP contribution in [0.5, 0.6) is 46.0 Å². The highest BCUT2D eigenvalue weighted by molar-refractivity contribution is 5.72. The highest BCUT2D eigenvalue weighted by atomic mass is 16.6. The second kappa shape index (κ2) is 49.3. The van der Waals surface area contributed by atoms with Gasteiger partial charge in [-0.2, -0.15) is 0 Å². The highest BCUT2D eigenvalue weighted by Crippen LogP contribution is 2.25. The van der Waals surface area contributed by atoms with Crippen molar-refractivity contribution in [3.05, 3.63) is 234 Å². The predicted molar refractivity (Wildman–Crippen MR) is 477 cm³/mol. The Morgan fingerprint density at radius 3 is 0.711 bits per heavy atom. The van der Waals surface area contributed by atoms with Gasteiger partial charge in [-0.1, -0.05) is 48.4 Å². The molecular formula is C96H120N8O24. The molecule has 8 amide bonds. The molecule has 32 nitrogen and oxygen atoms in total. The highest BCUT2D eigenvalue weighted by Gasteiger charge is 2.30. The van der Waals surface area contributed by atoms with Crippen LogP contribution in [-0.4, -0.2) is 202 Å². The van der Waals surface area contributed by atoms with Crippen LogP contribution in [-0.2, 0) is 37.9 Å². The number of aryl methyl sites for hydroxylation is 8. The van der Waals surface area contributed by atoms with E-state index in [9.17, 15) is 38.4 Å². The molecule has 0 bridgehead atoms. The molecule has 32 heteroatoms. The Morgan fingerprint density at radius 2 is 0.461 bits per heavy atom. The number of nitrogens with one attached hydrogen (secondary N) is 8. The lowest BCUT2D eigenvalue weighted by atomic mass is 10.1. The summed E-state index contributed by atoms with van der Waals surface area (Å²) in [5.41, 5.74) is 0.389. The number of alkyl carbamates (subject to hydrolysis) is 8. The molecule has 0 aliphatic carbocycles. The van der Waals surface area contributed by atoms with Crippen molar-refractivity contribution in [3.8, 4) is 46.0 Å². The van der Waals surface area contributed by atoms with Crippen LogP contribution in [0, 0.1) is 110 Å². The van der Waals surface area contributed by atoms with Crippen LogP contribution >= 0.6 is 0 Å². The molecule has 8 aromatic carbocycles. The third-order valence-electron chi connectivity index (χ3n) is 15.3. The van der Waals surface area contributed by atoms with Gasteiger partial charge < -0.3 is 118 Å². The molecule has 8 aliphatic heterocycles. The van der Waals surface area contributed by atoms with Gasteiger partial charge in [-0.25, -0.2) is 38.4 Å². The summed E-state index contributed by atoms with van der Waals surface area (Å²) in [6.07, 6.45) is -22.4. The fraction of sp³-hybridized carbons (Fsp3) is 0.417. The van der Waals surface area contributed by atoms with Gasteiger partial charge in [0.25, 0.3) is 0 Å². The molecule has 8 saturated heterocycles. The summed E-state index contributed by atoms with van der Waals surface area (Å²) in [6, 6.07) is 10.9. The number of carbonyl (C=O) groups excluding carboxylic acids is 8. The van der Waals surface area contributed by atoms with Gasteiger partial charge in [0.1, 0.15) is 98.7 Å². The monoisotopic (exact) mass is 1820 g/mol. The zero-order valence-electron chi connectivity index (χ0n) is 122. The van der Waals surface area contributed by atoms with E-state index in [1.807, 2.05) is 57.3 Å². The van der Waals surface area contributed by atoms with Crippen molar-refractivity contribution < 1.29 is 187 Å². The lowest BCUT2D eigenvalue weighted by molar-refractivity contribution is 0.104. The van der Waals surface area contributed by atoms with E-state index in [4.69, 9.17) is 125 Å². The van der Waals surface area contributed by atoms with E-state index >= 15 is 0 Å². The summed E-state index contributed by atoms with van der Waals surface area (Å²) in [7, 11) is 0. The molecule has 128 heavy (non-hydrogen) atoms. The molecule has 688 valence electrons. The largest absolute Gasteiger partial charge is 0.490 e. The quantitative estimate of drug-likeness (QED) is 0.0260. The van der Waals surface area contributed by atoms with Crippen molar-refractivity contribution in [1.82, 2.24) is 42.5 Å². The maximum Gasteiger partial charge on any atom is 0.407 e. The van der Waals surface area contributed by atoms with Gasteiger partial charge in [-0.05, 0) is 296 Å². The van der Waals surface area contributed by atoms with Gasteiger partial charge in [0.05, 0.1) is 92.1 Å². The molecule has 8 aliphatic rings. The maximum absolute atomic E-state index is 11.2. The maximum atomic E-state index is 11.2. The lowest BCUT2D eigenvalue weighted by Crippen LogP contribution is -2.21. The molecule has 8 unspecified atom stereocenters. The van der Waals surface area contributed by atoms with Crippen LogP contribution in [0.15, 0.2) is 145 Å². The Hall–Kier alpha value is -13.7. The zero-order chi connectivity index (χ0) is 138. The van der Waals surface area contributed by atoms with Crippen LogP contribution in [0.25, 0.3) is 0 Å². The smallest absolute Gasteiger partial charge is 0.407 e. The zero-order valence-corrected chi connectivity index (χ0v) is 69.1. The topological polar surface area (TPSA) is 380 Å². The molecule has 8 aromatic rings. The van der Waals surface area contributed by atoms with E-state index in [1.165, 1.54) is 26.0 Å². The van der Waals surface area contributed by atoms with Crippen molar-refractivity contribution in [2.75, 3.05) is 105 Å². The second-order valence-corrected chi connectivity index (χ2v) is 26.6. The first-order chi connectivity index (χ1) is 82.0. The normalized spacial score (nSPS) is 30.8. The molecule has 0 saturated carbocycles. The van der Waals surface area contributed by atoms with Crippen molar-refractivity contribution in [2.24, 2.45) is 0 Å². The van der Waals surface area contributed by atoms with E-state index in [1.54, 1.807) is 26.0 Å². The number of amides is 8. The molecule has 8 fully saturated rings. The minimum atomic E-state index is -3.20. The number of rotatable bonds is 24. The number of carbonyl (C=O) groups is 8. The fourth-order valence-corrected chi connectivity index (χ4v) is 10.3. The van der Waals surface area contributed by atoms with Crippen molar-refractivity contribution in [3.63, 3.8) is 0 Å². The summed E-state index contributed by atoms with van der Waals surface area (Å²) in [5, 5.41) is 17.6. The van der Waals surface area contributed by atoms with E-state index in [-0.39, 0.29) is 133 Å². The summed E-state index contributed by atoms with van der Waals surface area (Å²) in [6.45, 7) is -25.4. The Kier molecular flexibility index (Phi) is 18.4. The summed E-state index contributed by atoms with van der Waals surface area (Å²) in [4.78, 5) is 88.3. The molecule has 16 rings (SSSR count). The third kappa shape index (κ3) is 36.9. The summed E-state index contributed by atoms with van der Waals surface area (Å²) >= 11 is 0. The standard InChI is InChI=1S/8C12H15NO3/c8*1-8-3-9(2)5-10(4-8)15-7-11-6-13-12(14)16-11/h8*3-5,11H,6-7H2,1-2H3,(H,13,14)/i1D3,2D3,3D,4D,5D,7D2,11D;1D3,2D3,3D,4D,5D,11D;3D,4D,5D,7D2,11D;3D,4D,5D,11D;1D3,2D3,7D2,11D;1D3,2D3,11D;7D2,11D;6D2. The minimum absolute atomic E-state index is 0.00516. The van der Waals surface area contributed by atoms with Crippen LogP contribution in [0.4, 0.5) is 38.4 Å². The molecule has 8 heterocycles. The van der Waals surface area contributed by atoms with Gasteiger partial charge in [-0.3, -0.25) is 0 Å². The van der Waals surface area contributed by atoms with E-state index in [0.717, 1.165) is 46.5 Å². The Balaban J connectivity index is 0.000000226. The van der Waals surface area contributed by atoms with Gasteiger partial charge in [0.2, 0.25) is 0 Å². The van der Waals surface area contributed by atoms with Crippen molar-refractivity contribution in [2.45, 2.75) is 159 Å². The predicted octanol–water partition coefficient (Wildman–Crippen LogP) is 14.3. The SMILES string of the molecule is [2H]C([2H])(Oc1cc(C)cc(C)c1)C1([2H])CNC(=O)O1.[2H]C([2H])([2H])c1cc(OC([2H])([2H])C2([2H])CNC(=O)O2)cc(C([2H])([2H])[2H])c1.[2H]C1(COc2cc(C([2H])([2H])[2H])cc(C([2H])([2H])[2H])c2)CNC(=O)O1.[2H]C1([2H])NC(=O)OC1COc1cc(C)cc(C)c1.[2H]c1c(C)c([2H])c(OC([2H])([2H])C2([2H])CNC(=O)O2)c([2H])c1C.[2H]c1c(C)c([2H])c(OCC2([2H])CNC(=O)O2)c([2H])c1C.[2H]c1c(OC([2H])([2H])C2([2H])CNC(=O)O2)c([2H])c(C([2H])([2H])[2H])c([2H])c1C([2H])([2H])[2H].[2H]c1c(OCC2([2H])CNC(=O)O2)c([2H])c(C([2H])([2H])[2H])c([2H])c1C([2H])([2H])[2H].